The van der Waals surface area contributed by atoms with E-state index in [-0.39, 0.29) is 12.5 Å². The van der Waals surface area contributed by atoms with Gasteiger partial charge >= 0.3 is 6.18 Å². The fourth-order valence-electron chi connectivity index (χ4n) is 2.51. The van der Waals surface area contributed by atoms with Crippen molar-refractivity contribution in [3.63, 3.8) is 0 Å². The van der Waals surface area contributed by atoms with Gasteiger partial charge in [-0.15, -0.1) is 0 Å². The van der Waals surface area contributed by atoms with Gasteiger partial charge in [-0.2, -0.15) is 13.2 Å². The molecular formula is C13H17F3N2. The molecule has 0 aliphatic carbocycles. The molecule has 0 saturated carbocycles. The third-order valence-corrected chi connectivity index (χ3v) is 3.55. The fraction of sp³-hybridized carbons (Fsp3) is 0.538. The number of halogens is 3. The van der Waals surface area contributed by atoms with E-state index in [9.17, 15) is 13.2 Å². The summed E-state index contributed by atoms with van der Waals surface area (Å²) in [5.41, 5.74) is 6.66. The normalized spacial score (nSPS) is 21.6. The second-order valence-electron chi connectivity index (χ2n) is 4.72. The third kappa shape index (κ3) is 2.32. The van der Waals surface area contributed by atoms with Gasteiger partial charge in [-0.1, -0.05) is 18.2 Å². The summed E-state index contributed by atoms with van der Waals surface area (Å²) in [6.45, 7) is 2.77. The van der Waals surface area contributed by atoms with E-state index < -0.39 is 12.1 Å². The van der Waals surface area contributed by atoms with Crippen molar-refractivity contribution >= 4 is 5.69 Å². The molecule has 0 bridgehead atoms. The number of hydrogen-bond acceptors (Lipinski definition) is 2. The van der Waals surface area contributed by atoms with Gasteiger partial charge in [0.05, 0.1) is 5.92 Å². The summed E-state index contributed by atoms with van der Waals surface area (Å²) in [5, 5.41) is 0. The van der Waals surface area contributed by atoms with Crippen LogP contribution >= 0.6 is 0 Å². The van der Waals surface area contributed by atoms with E-state index >= 15 is 0 Å². The average molecular weight is 258 g/mol. The summed E-state index contributed by atoms with van der Waals surface area (Å²) in [6, 6.07) is 6.81. The second-order valence-corrected chi connectivity index (χ2v) is 4.72. The van der Waals surface area contributed by atoms with Crippen molar-refractivity contribution in [1.82, 2.24) is 0 Å². The van der Waals surface area contributed by atoms with Crippen molar-refractivity contribution in [1.29, 1.82) is 0 Å². The van der Waals surface area contributed by atoms with Crippen LogP contribution in [0.25, 0.3) is 0 Å². The van der Waals surface area contributed by atoms with E-state index in [1.807, 2.05) is 11.8 Å². The smallest absolute Gasteiger partial charge is 0.367 e. The maximum atomic E-state index is 13.0. The van der Waals surface area contributed by atoms with Crippen LogP contribution in [0.5, 0.6) is 0 Å². The zero-order valence-electron chi connectivity index (χ0n) is 10.2. The van der Waals surface area contributed by atoms with E-state index in [4.69, 9.17) is 5.73 Å². The maximum absolute atomic E-state index is 13.0. The predicted molar refractivity (Wildman–Crippen MR) is 65.7 cm³/mol. The van der Waals surface area contributed by atoms with Crippen LogP contribution < -0.4 is 10.6 Å². The van der Waals surface area contributed by atoms with Crippen molar-refractivity contribution in [2.45, 2.75) is 31.5 Å². The van der Waals surface area contributed by atoms with Gasteiger partial charge in [-0.3, -0.25) is 0 Å². The number of hydrogen-bond donors (Lipinski definition) is 1. The number of nitrogens with two attached hydrogens (primary N) is 1. The fourth-order valence-corrected chi connectivity index (χ4v) is 2.51. The highest BCUT2D eigenvalue weighted by Gasteiger charge is 2.44. The maximum Gasteiger partial charge on any atom is 0.395 e. The van der Waals surface area contributed by atoms with Crippen LogP contribution in [0.1, 0.15) is 24.8 Å². The summed E-state index contributed by atoms with van der Waals surface area (Å²) in [5.74, 6) is -1.35. The number of para-hydroxylation sites is 1. The predicted octanol–water partition coefficient (Wildman–Crippen LogP) is 2.89. The largest absolute Gasteiger partial charge is 0.395 e. The highest BCUT2D eigenvalue weighted by Crippen LogP contribution is 2.44. The first-order chi connectivity index (χ1) is 8.45. The van der Waals surface area contributed by atoms with E-state index in [1.54, 1.807) is 24.3 Å². The third-order valence-electron chi connectivity index (χ3n) is 3.55. The summed E-state index contributed by atoms with van der Waals surface area (Å²) < 4.78 is 39.0. The first kappa shape index (κ1) is 13.2. The number of benzene rings is 1. The highest BCUT2D eigenvalue weighted by atomic mass is 19.4. The Labute approximate surface area is 105 Å². The van der Waals surface area contributed by atoms with Gasteiger partial charge in [-0.05, 0) is 25.0 Å². The molecule has 1 aromatic rings. The van der Waals surface area contributed by atoms with Gasteiger partial charge in [0.2, 0.25) is 0 Å². The van der Waals surface area contributed by atoms with Gasteiger partial charge in [-0.25, -0.2) is 0 Å². The van der Waals surface area contributed by atoms with Crippen LogP contribution in [-0.4, -0.2) is 25.3 Å². The number of fused-ring (bicyclic) bond motifs is 1. The minimum absolute atomic E-state index is 0.0559. The van der Waals surface area contributed by atoms with Crippen LogP contribution in [0.2, 0.25) is 0 Å². The zero-order valence-corrected chi connectivity index (χ0v) is 10.2. The molecule has 1 heterocycles. The molecule has 0 amide bonds. The molecule has 0 fully saturated rings. The summed E-state index contributed by atoms with van der Waals surface area (Å²) >= 11 is 0. The lowest BCUT2D eigenvalue weighted by molar-refractivity contribution is -0.152. The Balaban J connectivity index is 2.41. The van der Waals surface area contributed by atoms with Crippen LogP contribution in [-0.2, 0) is 0 Å². The SMILES string of the molecule is CC(CN)N1CCC(C(F)(F)F)c2ccccc21. The van der Waals surface area contributed by atoms with E-state index in [2.05, 4.69) is 0 Å². The topological polar surface area (TPSA) is 29.3 Å². The van der Waals surface area contributed by atoms with Crippen molar-refractivity contribution < 1.29 is 13.2 Å². The Hall–Kier alpha value is -1.23. The van der Waals surface area contributed by atoms with Crippen molar-refractivity contribution in [2.75, 3.05) is 18.0 Å². The minimum Gasteiger partial charge on any atom is -0.367 e. The molecule has 0 aromatic heterocycles. The molecular weight excluding hydrogens is 241 g/mol. The molecule has 0 spiro atoms. The molecule has 2 N–H and O–H groups in total. The molecule has 0 saturated heterocycles. The Bertz CT molecular complexity index is 417. The Kier molecular flexibility index (Phi) is 3.52. The van der Waals surface area contributed by atoms with Crippen LogP contribution in [0, 0.1) is 0 Å². The van der Waals surface area contributed by atoms with Gasteiger partial charge in [0.25, 0.3) is 0 Å². The molecule has 5 heteroatoms. The summed E-state index contributed by atoms with van der Waals surface area (Å²) in [4.78, 5) is 1.97. The monoisotopic (exact) mass is 258 g/mol. The summed E-state index contributed by atoms with van der Waals surface area (Å²) in [6.07, 6.45) is -4.07. The molecule has 2 rings (SSSR count). The molecule has 2 atom stereocenters. The van der Waals surface area contributed by atoms with E-state index in [0.29, 0.717) is 24.3 Å². The number of rotatable bonds is 2. The lowest BCUT2D eigenvalue weighted by atomic mass is 9.88. The first-order valence-corrected chi connectivity index (χ1v) is 6.07. The first-order valence-electron chi connectivity index (χ1n) is 6.07. The molecule has 2 nitrogen and oxygen atoms in total. The lowest BCUT2D eigenvalue weighted by Gasteiger charge is -2.39. The molecule has 100 valence electrons. The molecule has 1 aliphatic rings. The Morgan fingerprint density at radius 2 is 2.06 bits per heavy atom. The number of alkyl halides is 3. The molecule has 18 heavy (non-hydrogen) atoms. The Morgan fingerprint density at radius 3 is 2.67 bits per heavy atom. The van der Waals surface area contributed by atoms with Crippen molar-refractivity contribution in [3.8, 4) is 0 Å². The van der Waals surface area contributed by atoms with E-state index in [1.165, 1.54) is 0 Å². The molecule has 1 aromatic carbocycles. The lowest BCUT2D eigenvalue weighted by Crippen LogP contribution is -2.44. The second kappa shape index (κ2) is 4.80. The van der Waals surface area contributed by atoms with Crippen LogP contribution in [0.3, 0.4) is 0 Å². The number of anilines is 1. The minimum atomic E-state index is -4.17. The summed E-state index contributed by atoms with van der Waals surface area (Å²) in [7, 11) is 0. The van der Waals surface area contributed by atoms with Crippen LogP contribution in [0.15, 0.2) is 24.3 Å². The molecule has 2 unspecified atom stereocenters. The Morgan fingerprint density at radius 1 is 1.39 bits per heavy atom. The quantitative estimate of drug-likeness (QED) is 0.883. The zero-order chi connectivity index (χ0) is 13.3. The number of nitrogens with zero attached hydrogens (tertiary/aromatic N) is 1. The highest BCUT2D eigenvalue weighted by molar-refractivity contribution is 5.58. The van der Waals surface area contributed by atoms with Gasteiger partial charge < -0.3 is 10.6 Å². The van der Waals surface area contributed by atoms with Gasteiger partial charge in [0, 0.05) is 24.8 Å². The molecule has 0 radical (unpaired) electrons. The van der Waals surface area contributed by atoms with Crippen molar-refractivity contribution in [3.05, 3.63) is 29.8 Å². The molecule has 1 aliphatic heterocycles. The van der Waals surface area contributed by atoms with E-state index in [0.717, 1.165) is 0 Å². The van der Waals surface area contributed by atoms with Gasteiger partial charge in [0.15, 0.2) is 0 Å². The van der Waals surface area contributed by atoms with Crippen LogP contribution in [0.4, 0.5) is 18.9 Å². The van der Waals surface area contributed by atoms with Crippen molar-refractivity contribution in [2.24, 2.45) is 5.73 Å². The van der Waals surface area contributed by atoms with Gasteiger partial charge in [0.1, 0.15) is 0 Å². The average Bonchev–Trinajstić information content (AvgIpc) is 2.35. The standard InChI is InChI=1S/C13H17F3N2/c1-9(8-17)18-7-6-11(13(14,15)16)10-4-2-3-5-12(10)18/h2-5,9,11H,6-8,17H2,1H3.